The van der Waals surface area contributed by atoms with Crippen LogP contribution in [0.5, 0.6) is 0 Å². The molecule has 0 unspecified atom stereocenters. The molecule has 1 aromatic heterocycles. The number of rotatable bonds is 9. The first-order valence-electron chi connectivity index (χ1n) is 7.76. The molecule has 2 aromatic rings. The maximum Gasteiger partial charge on any atom is 0.401 e. The first kappa shape index (κ1) is 18.4. The molecule has 0 saturated heterocycles. The number of aromatic nitrogens is 2. The van der Waals surface area contributed by atoms with Crippen molar-refractivity contribution in [3.05, 3.63) is 36.2 Å². The van der Waals surface area contributed by atoms with Gasteiger partial charge in [0.05, 0.1) is 6.54 Å². The number of halogens is 3. The van der Waals surface area contributed by atoms with Crippen LogP contribution in [-0.4, -0.2) is 52.6 Å². The van der Waals surface area contributed by atoms with Gasteiger partial charge in [0.1, 0.15) is 0 Å². The summed E-state index contributed by atoms with van der Waals surface area (Å²) >= 11 is 0. The molecule has 2 rings (SSSR count). The minimum Gasteiger partial charge on any atom is -0.396 e. The van der Waals surface area contributed by atoms with E-state index in [9.17, 15) is 13.2 Å². The molecule has 0 aliphatic carbocycles. The van der Waals surface area contributed by atoms with Gasteiger partial charge in [0, 0.05) is 25.1 Å². The van der Waals surface area contributed by atoms with Crippen LogP contribution in [-0.2, 0) is 6.42 Å². The van der Waals surface area contributed by atoms with Gasteiger partial charge in [-0.1, -0.05) is 35.5 Å². The van der Waals surface area contributed by atoms with E-state index in [1.807, 2.05) is 30.3 Å². The quantitative estimate of drug-likeness (QED) is 0.758. The third kappa shape index (κ3) is 6.29. The largest absolute Gasteiger partial charge is 0.401 e. The van der Waals surface area contributed by atoms with Crippen molar-refractivity contribution in [2.75, 3.05) is 26.2 Å². The summed E-state index contributed by atoms with van der Waals surface area (Å²) in [6.45, 7) is -0.651. The van der Waals surface area contributed by atoms with Gasteiger partial charge in [0.15, 0.2) is 0 Å². The summed E-state index contributed by atoms with van der Waals surface area (Å²) in [5.74, 6) is 0.876. The van der Waals surface area contributed by atoms with Crippen molar-refractivity contribution in [3.63, 3.8) is 0 Å². The standard InChI is InChI=1S/C16H20F3N3O2/c17-16(18,19)12-22(10-5-11-23)9-4-8-14-20-15(21-24-14)13-6-2-1-3-7-13/h1-3,6-7,23H,4-5,8-12H2. The Bertz CT molecular complexity index is 602. The Morgan fingerprint density at radius 1 is 1.08 bits per heavy atom. The average Bonchev–Trinajstić information content (AvgIpc) is 3.01. The Hall–Kier alpha value is -1.93. The molecule has 0 fully saturated rings. The maximum absolute atomic E-state index is 12.5. The van der Waals surface area contributed by atoms with Crippen LogP contribution in [0.2, 0.25) is 0 Å². The van der Waals surface area contributed by atoms with Gasteiger partial charge in [-0.15, -0.1) is 0 Å². The van der Waals surface area contributed by atoms with E-state index < -0.39 is 12.7 Å². The zero-order valence-corrected chi connectivity index (χ0v) is 13.2. The Kier molecular flexibility index (Phi) is 6.74. The van der Waals surface area contributed by atoms with Crippen LogP contribution >= 0.6 is 0 Å². The van der Waals surface area contributed by atoms with Crippen molar-refractivity contribution in [2.24, 2.45) is 0 Å². The van der Waals surface area contributed by atoms with Crippen molar-refractivity contribution in [1.29, 1.82) is 0 Å². The fraction of sp³-hybridized carbons (Fsp3) is 0.500. The number of aliphatic hydroxyl groups excluding tert-OH is 1. The first-order valence-corrected chi connectivity index (χ1v) is 7.76. The number of hydrogen-bond acceptors (Lipinski definition) is 5. The highest BCUT2D eigenvalue weighted by molar-refractivity contribution is 5.53. The molecule has 0 saturated carbocycles. The van der Waals surface area contributed by atoms with E-state index in [0.717, 1.165) is 5.56 Å². The fourth-order valence-electron chi connectivity index (χ4n) is 2.33. The van der Waals surface area contributed by atoms with Gasteiger partial charge in [-0.2, -0.15) is 18.2 Å². The molecule has 0 aliphatic heterocycles. The maximum atomic E-state index is 12.5. The molecule has 1 aromatic carbocycles. The van der Waals surface area contributed by atoms with Crippen molar-refractivity contribution in [3.8, 4) is 11.4 Å². The summed E-state index contributed by atoms with van der Waals surface area (Å²) in [6.07, 6.45) is -3.06. The van der Waals surface area contributed by atoms with E-state index in [1.165, 1.54) is 4.90 Å². The zero-order valence-electron chi connectivity index (χ0n) is 13.2. The summed E-state index contributed by atoms with van der Waals surface area (Å²) in [4.78, 5) is 5.54. The molecule has 0 aliphatic rings. The second kappa shape index (κ2) is 8.79. The zero-order chi connectivity index (χ0) is 17.4. The molecule has 1 N–H and O–H groups in total. The Morgan fingerprint density at radius 3 is 2.46 bits per heavy atom. The van der Waals surface area contributed by atoms with Crippen LogP contribution in [0.15, 0.2) is 34.9 Å². The summed E-state index contributed by atoms with van der Waals surface area (Å²) in [6, 6.07) is 9.32. The molecule has 5 nitrogen and oxygen atoms in total. The van der Waals surface area contributed by atoms with Crippen molar-refractivity contribution in [2.45, 2.75) is 25.4 Å². The van der Waals surface area contributed by atoms with Gasteiger partial charge in [-0.25, -0.2) is 0 Å². The van der Waals surface area contributed by atoms with Crippen LogP contribution in [0.1, 0.15) is 18.7 Å². The monoisotopic (exact) mass is 343 g/mol. The van der Waals surface area contributed by atoms with E-state index >= 15 is 0 Å². The molecule has 0 spiro atoms. The lowest BCUT2D eigenvalue weighted by molar-refractivity contribution is -0.146. The summed E-state index contributed by atoms with van der Waals surface area (Å²) < 4.78 is 42.7. The predicted octanol–water partition coefficient (Wildman–Crippen LogP) is 2.92. The molecule has 132 valence electrons. The van der Waals surface area contributed by atoms with Gasteiger partial charge in [-0.05, 0) is 19.4 Å². The van der Waals surface area contributed by atoms with E-state index in [2.05, 4.69) is 10.1 Å². The number of aliphatic hydroxyl groups is 1. The van der Waals surface area contributed by atoms with Gasteiger partial charge >= 0.3 is 6.18 Å². The first-order chi connectivity index (χ1) is 11.5. The molecular formula is C16H20F3N3O2. The molecule has 0 radical (unpaired) electrons. The highest BCUT2D eigenvalue weighted by Crippen LogP contribution is 2.18. The van der Waals surface area contributed by atoms with Crippen molar-refractivity contribution < 1.29 is 22.8 Å². The highest BCUT2D eigenvalue weighted by Gasteiger charge is 2.30. The molecule has 0 amide bonds. The molecular weight excluding hydrogens is 323 g/mol. The van der Waals surface area contributed by atoms with E-state index in [0.29, 0.717) is 31.0 Å². The van der Waals surface area contributed by atoms with E-state index in [4.69, 9.17) is 9.63 Å². The second-order valence-electron chi connectivity index (χ2n) is 5.45. The highest BCUT2D eigenvalue weighted by atomic mass is 19.4. The number of nitrogens with zero attached hydrogens (tertiary/aromatic N) is 3. The predicted molar refractivity (Wildman–Crippen MR) is 82.3 cm³/mol. The van der Waals surface area contributed by atoms with Gasteiger partial charge < -0.3 is 9.63 Å². The summed E-state index contributed by atoms with van der Waals surface area (Å²) in [5.41, 5.74) is 0.828. The molecule has 0 bridgehead atoms. The number of hydrogen-bond donors (Lipinski definition) is 1. The van der Waals surface area contributed by atoms with Gasteiger partial charge in [-0.3, -0.25) is 4.90 Å². The summed E-state index contributed by atoms with van der Waals surface area (Å²) in [5, 5.41) is 12.7. The Balaban J connectivity index is 1.84. The van der Waals surface area contributed by atoms with E-state index in [-0.39, 0.29) is 19.7 Å². The molecule has 24 heavy (non-hydrogen) atoms. The van der Waals surface area contributed by atoms with Crippen LogP contribution in [0.4, 0.5) is 13.2 Å². The van der Waals surface area contributed by atoms with Gasteiger partial charge in [0.2, 0.25) is 11.7 Å². The lowest BCUT2D eigenvalue weighted by atomic mass is 10.2. The molecule has 8 heteroatoms. The SMILES string of the molecule is OCCCN(CCCc1nc(-c2ccccc2)no1)CC(F)(F)F. The normalized spacial score (nSPS) is 12.0. The molecule has 1 heterocycles. The number of alkyl halides is 3. The topological polar surface area (TPSA) is 62.4 Å². The minimum absolute atomic E-state index is 0.127. The van der Waals surface area contributed by atoms with Crippen molar-refractivity contribution >= 4 is 0 Å². The lowest BCUT2D eigenvalue weighted by Gasteiger charge is -2.22. The minimum atomic E-state index is -4.25. The average molecular weight is 343 g/mol. The van der Waals surface area contributed by atoms with Crippen LogP contribution in [0, 0.1) is 0 Å². The third-order valence-corrected chi connectivity index (χ3v) is 3.40. The van der Waals surface area contributed by atoms with Crippen molar-refractivity contribution in [1.82, 2.24) is 15.0 Å². The Labute approximate surface area is 138 Å². The van der Waals surface area contributed by atoms with Crippen LogP contribution in [0.3, 0.4) is 0 Å². The van der Waals surface area contributed by atoms with Gasteiger partial charge in [0.25, 0.3) is 0 Å². The lowest BCUT2D eigenvalue weighted by Crippen LogP contribution is -2.36. The summed E-state index contributed by atoms with van der Waals surface area (Å²) in [7, 11) is 0. The fourth-order valence-corrected chi connectivity index (χ4v) is 2.33. The number of aryl methyl sites for hydroxylation is 1. The van der Waals surface area contributed by atoms with Crippen LogP contribution in [0.25, 0.3) is 11.4 Å². The number of benzene rings is 1. The third-order valence-electron chi connectivity index (χ3n) is 3.40. The molecule has 0 atom stereocenters. The van der Waals surface area contributed by atoms with E-state index in [1.54, 1.807) is 0 Å². The van der Waals surface area contributed by atoms with Crippen LogP contribution < -0.4 is 0 Å². The second-order valence-corrected chi connectivity index (χ2v) is 5.45. The smallest absolute Gasteiger partial charge is 0.396 e. The Morgan fingerprint density at radius 2 is 1.79 bits per heavy atom.